The molecule has 0 saturated carbocycles. The lowest BCUT2D eigenvalue weighted by Crippen LogP contribution is -2.27. The van der Waals surface area contributed by atoms with E-state index in [0.29, 0.717) is 19.6 Å². The Morgan fingerprint density at radius 3 is 1.25 bits per heavy atom. The van der Waals surface area contributed by atoms with E-state index in [1.54, 1.807) is 0 Å². The van der Waals surface area contributed by atoms with Gasteiger partial charge >= 0.3 is 5.97 Å². The quantitative estimate of drug-likeness (QED) is 0.0381. The van der Waals surface area contributed by atoms with E-state index >= 15 is 0 Å². The molecule has 0 aliphatic carbocycles. The Kier molecular flexibility index (Phi) is 47.0. The molecule has 0 amide bonds. The first-order valence-electron chi connectivity index (χ1n) is 24.2. The van der Waals surface area contributed by atoms with Gasteiger partial charge in [0.05, 0.1) is 13.2 Å². The lowest BCUT2D eigenvalue weighted by molar-refractivity contribution is -0.154. The molecule has 4 nitrogen and oxygen atoms in total. The van der Waals surface area contributed by atoms with Crippen LogP contribution in [0.4, 0.5) is 0 Å². The molecule has 55 heavy (non-hydrogen) atoms. The van der Waals surface area contributed by atoms with Crippen LogP contribution in [-0.2, 0) is 14.3 Å². The van der Waals surface area contributed by atoms with Gasteiger partial charge in [-0.15, -0.1) is 0 Å². The summed E-state index contributed by atoms with van der Waals surface area (Å²) in [6, 6.07) is 0. The van der Waals surface area contributed by atoms with E-state index < -0.39 is 6.10 Å². The Bertz CT molecular complexity index is 859. The molecule has 0 radical (unpaired) electrons. The number of unbranched alkanes of at least 4 members (excludes halogenated alkanes) is 29. The molecule has 0 aliphatic heterocycles. The zero-order valence-electron chi connectivity index (χ0n) is 36.9. The number of carbonyl (C=O) groups excluding carboxylic acids is 1. The molecule has 1 unspecified atom stereocenters. The van der Waals surface area contributed by atoms with Crippen LogP contribution in [0.1, 0.15) is 245 Å². The molecule has 0 heterocycles. The van der Waals surface area contributed by atoms with E-state index in [9.17, 15) is 9.90 Å². The zero-order valence-corrected chi connectivity index (χ0v) is 36.9. The van der Waals surface area contributed by atoms with Crippen molar-refractivity contribution in [1.29, 1.82) is 0 Å². The van der Waals surface area contributed by atoms with Gasteiger partial charge in [0.2, 0.25) is 0 Å². The monoisotopic (exact) mass is 771 g/mol. The van der Waals surface area contributed by atoms with Crippen LogP contribution >= 0.6 is 0 Å². The van der Waals surface area contributed by atoms with E-state index in [0.717, 1.165) is 38.5 Å². The van der Waals surface area contributed by atoms with Crippen LogP contribution in [0.3, 0.4) is 0 Å². The average molecular weight is 771 g/mol. The normalized spacial score (nSPS) is 12.7. The fraction of sp³-hybridized carbons (Fsp3) is 0.824. The summed E-state index contributed by atoms with van der Waals surface area (Å²) in [5.74, 6) is -0.201. The molecule has 0 aromatic carbocycles. The Balaban J connectivity index is 3.40. The topological polar surface area (TPSA) is 55.8 Å². The summed E-state index contributed by atoms with van der Waals surface area (Å²) >= 11 is 0. The number of allylic oxidation sites excluding steroid dienone is 8. The highest BCUT2D eigenvalue weighted by molar-refractivity contribution is 5.69. The van der Waals surface area contributed by atoms with Gasteiger partial charge in [-0.25, -0.2) is 0 Å². The van der Waals surface area contributed by atoms with Gasteiger partial charge < -0.3 is 14.6 Å². The SMILES string of the molecule is CC/C=C\C/C=C\C/C=C\CCCCCCCCCCOCC(CO)OC(=O)CCCCCCCCCCCCCCC/C=C\CCCCCCCCCC. The number of carbonyl (C=O) groups is 1. The van der Waals surface area contributed by atoms with E-state index in [1.165, 1.54) is 186 Å². The maximum absolute atomic E-state index is 12.3. The van der Waals surface area contributed by atoms with Gasteiger partial charge in [-0.3, -0.25) is 4.79 Å². The summed E-state index contributed by atoms with van der Waals surface area (Å²) in [4.78, 5) is 12.3. The van der Waals surface area contributed by atoms with Crippen molar-refractivity contribution in [3.05, 3.63) is 48.6 Å². The van der Waals surface area contributed by atoms with Crippen LogP contribution < -0.4 is 0 Å². The highest BCUT2D eigenvalue weighted by Crippen LogP contribution is 2.15. The van der Waals surface area contributed by atoms with Crippen molar-refractivity contribution in [1.82, 2.24) is 0 Å². The second kappa shape index (κ2) is 48.5. The van der Waals surface area contributed by atoms with Crippen LogP contribution in [0, 0.1) is 0 Å². The predicted molar refractivity (Wildman–Crippen MR) is 242 cm³/mol. The van der Waals surface area contributed by atoms with Crippen LogP contribution in [-0.4, -0.2) is 37.0 Å². The molecule has 1 N–H and O–H groups in total. The fourth-order valence-electron chi connectivity index (χ4n) is 7.04. The number of hydrogen-bond donors (Lipinski definition) is 1. The summed E-state index contributed by atoms with van der Waals surface area (Å²) in [5, 5.41) is 9.63. The minimum absolute atomic E-state index is 0.174. The number of hydrogen-bond acceptors (Lipinski definition) is 4. The maximum atomic E-state index is 12.3. The fourth-order valence-corrected chi connectivity index (χ4v) is 7.04. The van der Waals surface area contributed by atoms with Crippen molar-refractivity contribution in [2.45, 2.75) is 251 Å². The highest BCUT2D eigenvalue weighted by atomic mass is 16.6. The third-order valence-corrected chi connectivity index (χ3v) is 10.6. The van der Waals surface area contributed by atoms with E-state index in [2.05, 4.69) is 62.5 Å². The molecule has 1 atom stereocenters. The minimum Gasteiger partial charge on any atom is -0.457 e. The van der Waals surface area contributed by atoms with Crippen molar-refractivity contribution < 1.29 is 19.4 Å². The third kappa shape index (κ3) is 46.6. The van der Waals surface area contributed by atoms with E-state index in [1.807, 2.05) is 0 Å². The molecule has 0 aliphatic rings. The van der Waals surface area contributed by atoms with E-state index in [-0.39, 0.29) is 12.6 Å². The molecule has 0 bridgehead atoms. The molecule has 0 fully saturated rings. The molecular weight excluding hydrogens is 677 g/mol. The molecule has 0 aromatic heterocycles. The van der Waals surface area contributed by atoms with Gasteiger partial charge in [0.1, 0.15) is 6.10 Å². The van der Waals surface area contributed by atoms with Crippen molar-refractivity contribution in [2.75, 3.05) is 19.8 Å². The summed E-state index contributed by atoms with van der Waals surface area (Å²) < 4.78 is 11.2. The van der Waals surface area contributed by atoms with Crippen LogP contribution in [0.25, 0.3) is 0 Å². The molecule has 322 valence electrons. The highest BCUT2D eigenvalue weighted by Gasteiger charge is 2.13. The second-order valence-electron chi connectivity index (χ2n) is 16.2. The molecule has 0 spiro atoms. The van der Waals surface area contributed by atoms with Gasteiger partial charge in [0.25, 0.3) is 0 Å². The van der Waals surface area contributed by atoms with Crippen molar-refractivity contribution >= 4 is 5.97 Å². The summed E-state index contributed by atoms with van der Waals surface area (Å²) in [6.07, 6.45) is 63.4. The minimum atomic E-state index is -0.539. The first-order chi connectivity index (χ1) is 27.2. The molecule has 0 rings (SSSR count). The van der Waals surface area contributed by atoms with Crippen molar-refractivity contribution in [3.8, 4) is 0 Å². The number of rotatable bonds is 45. The lowest BCUT2D eigenvalue weighted by Gasteiger charge is -2.16. The first kappa shape index (κ1) is 53.4. The number of aliphatic hydroxyl groups is 1. The van der Waals surface area contributed by atoms with Gasteiger partial charge in [-0.2, -0.15) is 0 Å². The van der Waals surface area contributed by atoms with Gasteiger partial charge in [-0.05, 0) is 70.6 Å². The Hall–Kier alpha value is -1.65. The number of esters is 1. The standard InChI is InChI=1S/C51H94O4/c1-3-5-7-9-11-13-15-17-19-21-23-24-25-26-27-28-29-30-32-34-36-38-40-42-44-46-51(53)55-50(48-52)49-54-47-45-43-41-39-37-35-33-31-22-20-18-16-14-12-10-8-6-4-2/h6,8,12,14,18,20-21,23,50,52H,3-5,7,9-11,13,15-17,19,22,24-49H2,1-2H3/b8-6-,14-12-,20-18-,23-21-. The molecule has 4 heteroatoms. The number of ether oxygens (including phenoxy) is 2. The van der Waals surface area contributed by atoms with Crippen LogP contribution in [0.2, 0.25) is 0 Å². The Morgan fingerprint density at radius 2 is 0.818 bits per heavy atom. The lowest BCUT2D eigenvalue weighted by atomic mass is 10.0. The summed E-state index contributed by atoms with van der Waals surface area (Å²) in [7, 11) is 0. The maximum Gasteiger partial charge on any atom is 0.306 e. The average Bonchev–Trinajstić information content (AvgIpc) is 3.19. The third-order valence-electron chi connectivity index (χ3n) is 10.6. The van der Waals surface area contributed by atoms with Crippen molar-refractivity contribution in [2.24, 2.45) is 0 Å². The van der Waals surface area contributed by atoms with Gasteiger partial charge in [-0.1, -0.05) is 217 Å². The molecule has 0 saturated heterocycles. The van der Waals surface area contributed by atoms with E-state index in [4.69, 9.17) is 9.47 Å². The Morgan fingerprint density at radius 1 is 0.455 bits per heavy atom. The predicted octanol–water partition coefficient (Wildman–Crippen LogP) is 16.2. The molecular formula is C51H94O4. The number of aliphatic hydroxyl groups excluding tert-OH is 1. The zero-order chi connectivity index (χ0) is 39.8. The largest absolute Gasteiger partial charge is 0.457 e. The van der Waals surface area contributed by atoms with Crippen LogP contribution in [0.15, 0.2) is 48.6 Å². The summed E-state index contributed by atoms with van der Waals surface area (Å²) in [5.41, 5.74) is 0. The van der Waals surface area contributed by atoms with Gasteiger partial charge in [0, 0.05) is 13.0 Å². The van der Waals surface area contributed by atoms with Crippen LogP contribution in [0.5, 0.6) is 0 Å². The molecule has 0 aromatic rings. The first-order valence-corrected chi connectivity index (χ1v) is 24.2. The van der Waals surface area contributed by atoms with Gasteiger partial charge in [0.15, 0.2) is 0 Å². The smallest absolute Gasteiger partial charge is 0.306 e. The Labute approximate surface area is 343 Å². The summed E-state index contributed by atoms with van der Waals surface area (Å²) in [6.45, 7) is 5.25. The van der Waals surface area contributed by atoms with Crippen molar-refractivity contribution in [3.63, 3.8) is 0 Å². The second-order valence-corrected chi connectivity index (χ2v) is 16.2.